The van der Waals surface area contributed by atoms with Gasteiger partial charge in [-0.05, 0) is 13.8 Å². The molecule has 0 aliphatic carbocycles. The number of rotatable bonds is 4. The molecule has 0 saturated carbocycles. The summed E-state index contributed by atoms with van der Waals surface area (Å²) >= 11 is 2.53. The summed E-state index contributed by atoms with van der Waals surface area (Å²) in [4.78, 5) is 18.9. The second kappa shape index (κ2) is 4.89. The molecule has 2 rings (SSSR count). The molecular formula is C10H10N2O3S2. The largest absolute Gasteiger partial charge is 0.476 e. The molecule has 0 aromatic carbocycles. The first kappa shape index (κ1) is 12.1. The van der Waals surface area contributed by atoms with E-state index in [1.807, 2.05) is 13.8 Å². The minimum absolute atomic E-state index is 0.111. The second-order valence-corrected chi connectivity index (χ2v) is 5.14. The highest BCUT2D eigenvalue weighted by atomic mass is 32.2. The summed E-state index contributed by atoms with van der Waals surface area (Å²) in [6.07, 6.45) is 0. The van der Waals surface area contributed by atoms with Crippen molar-refractivity contribution in [1.29, 1.82) is 0 Å². The minimum Gasteiger partial charge on any atom is -0.476 e. The maximum atomic E-state index is 10.6. The Kier molecular flexibility index (Phi) is 3.49. The average molecular weight is 270 g/mol. The summed E-state index contributed by atoms with van der Waals surface area (Å²) in [5.41, 5.74) is 1.60. The Morgan fingerprint density at radius 2 is 2.29 bits per heavy atom. The SMILES string of the molecule is Cc1nc(SCc2csc(C(=O)O)n2)oc1C. The van der Waals surface area contributed by atoms with Gasteiger partial charge in [0.05, 0.1) is 11.4 Å². The molecule has 17 heavy (non-hydrogen) atoms. The number of aromatic carboxylic acids is 1. The van der Waals surface area contributed by atoms with Crippen molar-refractivity contribution in [3.63, 3.8) is 0 Å². The van der Waals surface area contributed by atoms with Crippen LogP contribution in [0.5, 0.6) is 0 Å². The number of thioether (sulfide) groups is 1. The summed E-state index contributed by atoms with van der Waals surface area (Å²) in [6.45, 7) is 3.74. The first-order valence-electron chi connectivity index (χ1n) is 4.81. The average Bonchev–Trinajstić information content (AvgIpc) is 2.84. The molecule has 2 aromatic heterocycles. The van der Waals surface area contributed by atoms with Crippen molar-refractivity contribution in [3.05, 3.63) is 27.5 Å². The highest BCUT2D eigenvalue weighted by Gasteiger charge is 2.11. The lowest BCUT2D eigenvalue weighted by Gasteiger charge is -1.91. The molecule has 7 heteroatoms. The van der Waals surface area contributed by atoms with E-state index in [1.54, 1.807) is 5.38 Å². The van der Waals surface area contributed by atoms with Gasteiger partial charge in [0.25, 0.3) is 5.22 Å². The van der Waals surface area contributed by atoms with Gasteiger partial charge in [-0.25, -0.2) is 14.8 Å². The Morgan fingerprint density at radius 3 is 2.82 bits per heavy atom. The van der Waals surface area contributed by atoms with Crippen LogP contribution in [0.2, 0.25) is 0 Å². The molecule has 0 unspecified atom stereocenters. The Hall–Kier alpha value is -1.34. The van der Waals surface area contributed by atoms with E-state index in [0.29, 0.717) is 11.0 Å². The number of carboxylic acid groups (broad SMARTS) is 1. The number of nitrogens with zero attached hydrogens (tertiary/aromatic N) is 2. The zero-order valence-corrected chi connectivity index (χ0v) is 10.9. The number of carboxylic acids is 1. The van der Waals surface area contributed by atoms with E-state index in [2.05, 4.69) is 9.97 Å². The third-order valence-electron chi connectivity index (χ3n) is 2.09. The van der Waals surface area contributed by atoms with Gasteiger partial charge >= 0.3 is 5.97 Å². The molecule has 0 saturated heterocycles. The molecule has 0 radical (unpaired) electrons. The van der Waals surface area contributed by atoms with Gasteiger partial charge in [-0.1, -0.05) is 11.8 Å². The van der Waals surface area contributed by atoms with Gasteiger partial charge in [-0.15, -0.1) is 11.3 Å². The lowest BCUT2D eigenvalue weighted by Crippen LogP contribution is -1.94. The quantitative estimate of drug-likeness (QED) is 0.861. The predicted molar refractivity (Wildman–Crippen MR) is 64.6 cm³/mol. The van der Waals surface area contributed by atoms with Crippen molar-refractivity contribution in [3.8, 4) is 0 Å². The van der Waals surface area contributed by atoms with Crippen LogP contribution in [0.4, 0.5) is 0 Å². The number of thiazole rings is 1. The van der Waals surface area contributed by atoms with E-state index >= 15 is 0 Å². The highest BCUT2D eigenvalue weighted by Crippen LogP contribution is 2.24. The van der Waals surface area contributed by atoms with E-state index in [-0.39, 0.29) is 5.01 Å². The van der Waals surface area contributed by atoms with E-state index in [0.717, 1.165) is 28.5 Å². The van der Waals surface area contributed by atoms with Gasteiger partial charge in [-0.2, -0.15) is 0 Å². The number of hydrogen-bond donors (Lipinski definition) is 1. The molecule has 0 amide bonds. The molecule has 1 N–H and O–H groups in total. The molecule has 5 nitrogen and oxygen atoms in total. The topological polar surface area (TPSA) is 76.2 Å². The van der Waals surface area contributed by atoms with Crippen molar-refractivity contribution < 1.29 is 14.3 Å². The summed E-state index contributed by atoms with van der Waals surface area (Å²) in [7, 11) is 0. The minimum atomic E-state index is -0.992. The van der Waals surface area contributed by atoms with Crippen LogP contribution in [0, 0.1) is 13.8 Å². The molecule has 0 bridgehead atoms. The second-order valence-electron chi connectivity index (χ2n) is 3.36. The van der Waals surface area contributed by atoms with E-state index in [1.165, 1.54) is 11.8 Å². The molecule has 2 heterocycles. The number of aromatic nitrogens is 2. The summed E-state index contributed by atoms with van der Waals surface area (Å²) < 4.78 is 5.40. The number of aryl methyl sites for hydroxylation is 2. The maximum absolute atomic E-state index is 10.6. The monoisotopic (exact) mass is 270 g/mol. The van der Waals surface area contributed by atoms with Crippen LogP contribution in [0.25, 0.3) is 0 Å². The molecule has 2 aromatic rings. The van der Waals surface area contributed by atoms with Crippen LogP contribution < -0.4 is 0 Å². The van der Waals surface area contributed by atoms with Gasteiger partial charge in [0, 0.05) is 11.1 Å². The zero-order valence-electron chi connectivity index (χ0n) is 9.26. The fourth-order valence-electron chi connectivity index (χ4n) is 1.11. The third kappa shape index (κ3) is 2.86. The lowest BCUT2D eigenvalue weighted by atomic mass is 10.4. The Balaban J connectivity index is 1.99. The zero-order chi connectivity index (χ0) is 12.4. The van der Waals surface area contributed by atoms with Crippen molar-refractivity contribution in [1.82, 2.24) is 9.97 Å². The van der Waals surface area contributed by atoms with Gasteiger partial charge in [-0.3, -0.25) is 0 Å². The van der Waals surface area contributed by atoms with E-state index < -0.39 is 5.97 Å². The van der Waals surface area contributed by atoms with Gasteiger partial charge < -0.3 is 9.52 Å². The van der Waals surface area contributed by atoms with E-state index in [9.17, 15) is 4.79 Å². The molecule has 90 valence electrons. The first-order chi connectivity index (χ1) is 8.06. The summed E-state index contributed by atoms with van der Waals surface area (Å²) in [5, 5.41) is 11.2. The van der Waals surface area contributed by atoms with Gasteiger partial charge in [0.2, 0.25) is 5.01 Å². The molecule has 0 fully saturated rings. The molecular weight excluding hydrogens is 260 g/mol. The van der Waals surface area contributed by atoms with Crippen molar-refractivity contribution in [2.24, 2.45) is 0 Å². The maximum Gasteiger partial charge on any atom is 0.365 e. The highest BCUT2D eigenvalue weighted by molar-refractivity contribution is 7.98. The molecule has 0 aliphatic rings. The Labute approximate surface area is 106 Å². The molecule has 0 atom stereocenters. The fourth-order valence-corrected chi connectivity index (χ4v) is 2.68. The summed E-state index contributed by atoms with van der Waals surface area (Å²) in [6, 6.07) is 0. The van der Waals surface area contributed by atoms with Crippen LogP contribution in [0.15, 0.2) is 15.0 Å². The van der Waals surface area contributed by atoms with Gasteiger partial charge in [0.1, 0.15) is 5.76 Å². The van der Waals surface area contributed by atoms with Crippen molar-refractivity contribution in [2.75, 3.05) is 0 Å². The van der Waals surface area contributed by atoms with Gasteiger partial charge in [0.15, 0.2) is 0 Å². The Morgan fingerprint density at radius 1 is 1.53 bits per heavy atom. The lowest BCUT2D eigenvalue weighted by molar-refractivity contribution is 0.0696. The standard InChI is InChI=1S/C10H10N2O3S2/c1-5-6(2)15-10(11-5)17-4-7-3-16-8(12-7)9(13)14/h3H,4H2,1-2H3,(H,13,14). The van der Waals surface area contributed by atoms with Crippen molar-refractivity contribution >= 4 is 29.1 Å². The normalized spacial score (nSPS) is 10.7. The predicted octanol–water partition coefficient (Wildman–Crippen LogP) is 2.74. The third-order valence-corrected chi connectivity index (χ3v) is 3.83. The fraction of sp³-hybridized carbons (Fsp3) is 0.300. The molecule has 0 spiro atoms. The van der Waals surface area contributed by atoms with Crippen molar-refractivity contribution in [2.45, 2.75) is 24.8 Å². The van der Waals surface area contributed by atoms with Crippen LogP contribution in [0.1, 0.15) is 27.0 Å². The number of oxazole rings is 1. The first-order valence-corrected chi connectivity index (χ1v) is 6.67. The summed E-state index contributed by atoms with van der Waals surface area (Å²) in [5.74, 6) is 0.370. The van der Waals surface area contributed by atoms with E-state index in [4.69, 9.17) is 9.52 Å². The molecule has 0 aliphatic heterocycles. The van der Waals surface area contributed by atoms with Crippen LogP contribution in [-0.2, 0) is 5.75 Å². The van der Waals surface area contributed by atoms with Crippen LogP contribution in [-0.4, -0.2) is 21.0 Å². The number of hydrogen-bond acceptors (Lipinski definition) is 6. The van der Waals surface area contributed by atoms with Crippen LogP contribution >= 0.6 is 23.1 Å². The number of carbonyl (C=O) groups is 1. The van der Waals surface area contributed by atoms with Crippen LogP contribution in [0.3, 0.4) is 0 Å². The Bertz CT molecular complexity index is 528. The smallest absolute Gasteiger partial charge is 0.365 e.